The number of benzene rings is 3. The lowest BCUT2D eigenvalue weighted by atomic mass is 9.97. The van der Waals surface area contributed by atoms with Crippen molar-refractivity contribution < 1.29 is 27.4 Å². The molecule has 0 amide bonds. The fourth-order valence-corrected chi connectivity index (χ4v) is 4.37. The van der Waals surface area contributed by atoms with E-state index in [1.165, 1.54) is 33.5 Å². The monoisotopic (exact) mass is 492 g/mol. The Labute approximate surface area is 203 Å². The number of carbonyl (C=O) groups is 1. The molecule has 2 N–H and O–H groups in total. The van der Waals surface area contributed by atoms with Gasteiger partial charge in [0.1, 0.15) is 0 Å². The lowest BCUT2D eigenvalue weighted by molar-refractivity contribution is 0.103. The summed E-state index contributed by atoms with van der Waals surface area (Å²) in [4.78, 5) is 13.7. The Kier molecular flexibility index (Phi) is 6.63. The van der Waals surface area contributed by atoms with Gasteiger partial charge in [0, 0.05) is 34.8 Å². The van der Waals surface area contributed by atoms with E-state index in [1.807, 2.05) is 30.3 Å². The maximum atomic E-state index is 13.8. The van der Waals surface area contributed by atoms with Crippen molar-refractivity contribution in [2.45, 2.75) is 4.90 Å². The second-order valence-electron chi connectivity index (χ2n) is 7.64. The van der Waals surface area contributed by atoms with Crippen molar-refractivity contribution in [1.82, 2.24) is 4.57 Å². The fraction of sp³-hybridized carbons (Fsp3) is 0.115. The number of aromatic nitrogens is 1. The molecule has 0 bridgehead atoms. The van der Waals surface area contributed by atoms with Gasteiger partial charge in [-0.1, -0.05) is 36.4 Å². The van der Waals surface area contributed by atoms with Gasteiger partial charge in [-0.15, -0.1) is 0 Å². The average molecular weight is 493 g/mol. The highest BCUT2D eigenvalue weighted by Gasteiger charge is 2.22. The lowest BCUT2D eigenvalue weighted by Crippen LogP contribution is -2.12. The quantitative estimate of drug-likeness (QED) is 0.372. The third-order valence-corrected chi connectivity index (χ3v) is 6.44. The van der Waals surface area contributed by atoms with Gasteiger partial charge < -0.3 is 18.8 Å². The van der Waals surface area contributed by atoms with E-state index in [0.717, 1.165) is 5.56 Å². The number of hydrogen-bond acceptors (Lipinski definition) is 6. The van der Waals surface area contributed by atoms with E-state index in [4.69, 9.17) is 19.3 Å². The fourth-order valence-electron chi connectivity index (χ4n) is 3.82. The molecular weight excluding hydrogens is 468 g/mol. The first-order valence-electron chi connectivity index (χ1n) is 10.5. The van der Waals surface area contributed by atoms with Crippen LogP contribution in [0.15, 0.2) is 84.0 Å². The summed E-state index contributed by atoms with van der Waals surface area (Å²) >= 11 is 0. The number of hydrogen-bond donors (Lipinski definition) is 1. The zero-order valence-electron chi connectivity index (χ0n) is 19.4. The minimum Gasteiger partial charge on any atom is -0.493 e. The molecule has 0 aliphatic rings. The van der Waals surface area contributed by atoms with E-state index >= 15 is 0 Å². The zero-order valence-corrected chi connectivity index (χ0v) is 20.2. The molecule has 180 valence electrons. The van der Waals surface area contributed by atoms with Crippen molar-refractivity contribution in [2.75, 3.05) is 21.3 Å². The van der Waals surface area contributed by atoms with Gasteiger partial charge in [-0.3, -0.25) is 4.79 Å². The molecule has 9 heteroatoms. The molecular formula is C26H24N2O6S. The van der Waals surface area contributed by atoms with Crippen LogP contribution in [-0.2, 0) is 10.0 Å². The molecule has 0 fully saturated rings. The summed E-state index contributed by atoms with van der Waals surface area (Å²) in [7, 11) is 0.565. The number of nitrogens with zero attached hydrogens (tertiary/aromatic N) is 1. The Hall–Kier alpha value is -4.08. The van der Waals surface area contributed by atoms with Crippen LogP contribution in [-0.4, -0.2) is 40.1 Å². The summed E-state index contributed by atoms with van der Waals surface area (Å²) in [5, 5.41) is 5.31. The van der Waals surface area contributed by atoms with Crippen molar-refractivity contribution >= 4 is 15.8 Å². The summed E-state index contributed by atoms with van der Waals surface area (Å²) in [5.74, 6) is 0.824. The SMILES string of the molecule is COc1cc(C(=O)c2cn(-c3cccc(S(N)(=O)=O)c3)cc2-c2ccccc2)cc(OC)c1OC. The third-order valence-electron chi connectivity index (χ3n) is 5.53. The van der Waals surface area contributed by atoms with E-state index in [2.05, 4.69) is 0 Å². The third kappa shape index (κ3) is 4.77. The Morgan fingerprint density at radius 1 is 0.829 bits per heavy atom. The molecule has 0 radical (unpaired) electrons. The second-order valence-corrected chi connectivity index (χ2v) is 9.21. The number of rotatable bonds is 8. The Bertz CT molecular complexity index is 1470. The van der Waals surface area contributed by atoms with Gasteiger partial charge in [-0.25, -0.2) is 13.6 Å². The molecule has 3 aromatic carbocycles. The largest absolute Gasteiger partial charge is 0.493 e. The number of primary sulfonamides is 1. The molecule has 1 heterocycles. The van der Waals surface area contributed by atoms with Crippen LogP contribution >= 0.6 is 0 Å². The summed E-state index contributed by atoms with van der Waals surface area (Å²) in [6, 6.07) is 18.8. The summed E-state index contributed by atoms with van der Waals surface area (Å²) < 4.78 is 41.6. The molecule has 8 nitrogen and oxygen atoms in total. The zero-order chi connectivity index (χ0) is 25.2. The molecule has 0 saturated heterocycles. The topological polar surface area (TPSA) is 110 Å². The molecule has 0 unspecified atom stereocenters. The minimum atomic E-state index is -3.89. The van der Waals surface area contributed by atoms with Crippen LogP contribution in [0.4, 0.5) is 0 Å². The van der Waals surface area contributed by atoms with Crippen molar-refractivity contribution in [3.8, 4) is 34.1 Å². The Morgan fingerprint density at radius 3 is 2.06 bits per heavy atom. The summed E-state index contributed by atoms with van der Waals surface area (Å²) in [6.45, 7) is 0. The Balaban J connectivity index is 1.89. The first-order valence-corrected chi connectivity index (χ1v) is 12.1. The number of ether oxygens (including phenoxy) is 3. The van der Waals surface area contributed by atoms with Gasteiger partial charge in [-0.05, 0) is 35.9 Å². The van der Waals surface area contributed by atoms with E-state index in [9.17, 15) is 13.2 Å². The molecule has 0 saturated carbocycles. The normalized spacial score (nSPS) is 11.2. The van der Waals surface area contributed by atoms with E-state index < -0.39 is 10.0 Å². The first-order chi connectivity index (χ1) is 16.8. The van der Waals surface area contributed by atoms with E-state index in [-0.39, 0.29) is 10.7 Å². The molecule has 0 spiro atoms. The summed E-state index contributed by atoms with van der Waals surface area (Å²) in [6.07, 6.45) is 3.44. The van der Waals surface area contributed by atoms with Gasteiger partial charge in [0.2, 0.25) is 15.8 Å². The highest BCUT2D eigenvalue weighted by Crippen LogP contribution is 2.39. The molecule has 1 aromatic heterocycles. The predicted octanol–water partition coefficient (Wildman–Crippen LogP) is 4.05. The van der Waals surface area contributed by atoms with Crippen molar-refractivity contribution in [1.29, 1.82) is 0 Å². The number of sulfonamides is 1. The van der Waals surface area contributed by atoms with Crippen LogP contribution in [0.2, 0.25) is 0 Å². The number of ketones is 1. The van der Waals surface area contributed by atoms with Crippen LogP contribution in [0.3, 0.4) is 0 Å². The van der Waals surface area contributed by atoms with Crippen LogP contribution < -0.4 is 19.3 Å². The number of nitrogens with two attached hydrogens (primary N) is 1. The van der Waals surface area contributed by atoms with Gasteiger partial charge in [-0.2, -0.15) is 0 Å². The van der Waals surface area contributed by atoms with Crippen LogP contribution in [0, 0.1) is 0 Å². The Morgan fingerprint density at radius 2 is 1.49 bits per heavy atom. The van der Waals surface area contributed by atoms with E-state index in [0.29, 0.717) is 39.6 Å². The molecule has 0 aliphatic carbocycles. The molecule has 4 rings (SSSR count). The van der Waals surface area contributed by atoms with Crippen molar-refractivity contribution in [3.05, 3.63) is 90.3 Å². The van der Waals surface area contributed by atoms with Gasteiger partial charge in [0.15, 0.2) is 17.3 Å². The predicted molar refractivity (Wildman–Crippen MR) is 132 cm³/mol. The van der Waals surface area contributed by atoms with Gasteiger partial charge in [0.25, 0.3) is 0 Å². The molecule has 4 aromatic rings. The van der Waals surface area contributed by atoms with Crippen molar-refractivity contribution in [2.24, 2.45) is 5.14 Å². The second kappa shape index (κ2) is 9.65. The van der Waals surface area contributed by atoms with Crippen LogP contribution in [0.25, 0.3) is 16.8 Å². The molecule has 0 aliphatic heterocycles. The van der Waals surface area contributed by atoms with E-state index in [1.54, 1.807) is 41.2 Å². The number of carbonyl (C=O) groups excluding carboxylic acids is 1. The van der Waals surface area contributed by atoms with Crippen LogP contribution in [0.5, 0.6) is 17.2 Å². The first kappa shape index (κ1) is 24.1. The smallest absolute Gasteiger partial charge is 0.238 e. The van der Waals surface area contributed by atoms with Crippen LogP contribution in [0.1, 0.15) is 15.9 Å². The average Bonchev–Trinajstić information content (AvgIpc) is 3.33. The van der Waals surface area contributed by atoms with Gasteiger partial charge >= 0.3 is 0 Å². The van der Waals surface area contributed by atoms with Gasteiger partial charge in [0.05, 0.1) is 26.2 Å². The maximum Gasteiger partial charge on any atom is 0.238 e. The maximum absolute atomic E-state index is 13.8. The molecule has 35 heavy (non-hydrogen) atoms. The highest BCUT2D eigenvalue weighted by atomic mass is 32.2. The standard InChI is InChI=1S/C26H24N2O6S/c1-32-23-12-18(13-24(33-2)26(23)34-3)25(29)22-16-28(15-21(22)17-8-5-4-6-9-17)19-10-7-11-20(14-19)35(27,30)31/h4-16H,1-3H3,(H2,27,30,31). The summed E-state index contributed by atoms with van der Waals surface area (Å²) in [5.41, 5.74) is 2.78. The number of methoxy groups -OCH3 is 3. The van der Waals surface area contributed by atoms with Crippen molar-refractivity contribution in [3.63, 3.8) is 0 Å². The highest BCUT2D eigenvalue weighted by molar-refractivity contribution is 7.89. The minimum absolute atomic E-state index is 0.0255. The lowest BCUT2D eigenvalue weighted by Gasteiger charge is -2.14. The molecule has 0 atom stereocenters.